The molecule has 0 amide bonds. The van der Waals surface area contributed by atoms with Gasteiger partial charge < -0.3 is 16.7 Å². The van der Waals surface area contributed by atoms with Crippen LogP contribution in [0.25, 0.3) is 0 Å². The second-order valence-electron chi connectivity index (χ2n) is 2.44. The summed E-state index contributed by atoms with van der Waals surface area (Å²) >= 11 is 0. The number of aromatic nitrogens is 2. The highest BCUT2D eigenvalue weighted by molar-refractivity contribution is 5.73. The molecule has 1 aromatic heterocycles. The fourth-order valence-electron chi connectivity index (χ4n) is 0.803. The average Bonchev–Trinajstić information content (AvgIpc) is 2.36. The second kappa shape index (κ2) is 3.22. The van der Waals surface area contributed by atoms with Gasteiger partial charge in [-0.05, 0) is 0 Å². The zero-order chi connectivity index (χ0) is 9.14. The number of hydrogen-bond donors (Lipinski definition) is 3. The van der Waals surface area contributed by atoms with Crippen molar-refractivity contribution in [2.45, 2.75) is 12.5 Å². The number of imidazole rings is 1. The van der Waals surface area contributed by atoms with E-state index >= 15 is 0 Å². The van der Waals surface area contributed by atoms with Gasteiger partial charge in [0.25, 0.3) is 0 Å². The number of carboxylic acids is 1. The summed E-state index contributed by atoms with van der Waals surface area (Å²) in [6.07, 6.45) is 3.07. The zero-order valence-electron chi connectivity index (χ0n) is 6.34. The number of rotatable bonds is 3. The van der Waals surface area contributed by atoms with Crippen molar-refractivity contribution >= 4 is 5.97 Å². The predicted molar refractivity (Wildman–Crippen MR) is 41.7 cm³/mol. The maximum Gasteiger partial charge on any atom is 0.320 e. The van der Waals surface area contributed by atoms with Gasteiger partial charge in [0.1, 0.15) is 12.4 Å². The van der Waals surface area contributed by atoms with Crippen molar-refractivity contribution in [2.24, 2.45) is 5.73 Å². The molecule has 66 valence electrons. The summed E-state index contributed by atoms with van der Waals surface area (Å²) in [5.74, 6) is 4.35. The number of aliphatic carboxylic acids is 1. The molecule has 5 N–H and O–H groups in total. The number of carboxylic acid groups (broad SMARTS) is 1. The van der Waals surface area contributed by atoms with Gasteiger partial charge in [-0.15, -0.1) is 0 Å². The molecular formula is C6H10N4O2. The van der Waals surface area contributed by atoms with Crippen molar-refractivity contribution in [1.82, 2.24) is 9.66 Å². The van der Waals surface area contributed by atoms with Crippen LogP contribution in [0.3, 0.4) is 0 Å². The molecule has 0 saturated heterocycles. The molecule has 0 aliphatic carbocycles. The topological polar surface area (TPSA) is 107 Å². The van der Waals surface area contributed by atoms with Crippen LogP contribution in [0.2, 0.25) is 0 Å². The molecule has 1 heterocycles. The van der Waals surface area contributed by atoms with Crippen molar-refractivity contribution in [3.8, 4) is 0 Å². The molecule has 1 rings (SSSR count). The van der Waals surface area contributed by atoms with Crippen molar-refractivity contribution in [3.05, 3.63) is 18.2 Å². The van der Waals surface area contributed by atoms with Gasteiger partial charge >= 0.3 is 5.97 Å². The second-order valence-corrected chi connectivity index (χ2v) is 2.44. The van der Waals surface area contributed by atoms with E-state index in [1.807, 2.05) is 0 Å². The van der Waals surface area contributed by atoms with E-state index in [1.54, 1.807) is 0 Å². The first-order chi connectivity index (χ1) is 5.61. The highest BCUT2D eigenvalue weighted by Gasteiger charge is 2.13. The van der Waals surface area contributed by atoms with Crippen LogP contribution < -0.4 is 11.6 Å². The number of hydrogen-bond acceptors (Lipinski definition) is 4. The number of nitrogens with two attached hydrogens (primary N) is 2. The van der Waals surface area contributed by atoms with Gasteiger partial charge in [-0.25, -0.2) is 4.98 Å². The number of nitrogens with zero attached hydrogens (tertiary/aromatic N) is 2. The molecule has 6 heteroatoms. The molecule has 1 unspecified atom stereocenters. The third-order valence-electron chi connectivity index (χ3n) is 1.49. The lowest BCUT2D eigenvalue weighted by molar-refractivity contribution is -0.138. The minimum atomic E-state index is -1.05. The Morgan fingerprint density at radius 3 is 2.92 bits per heavy atom. The van der Waals surface area contributed by atoms with Gasteiger partial charge in [-0.3, -0.25) is 9.47 Å². The summed E-state index contributed by atoms with van der Waals surface area (Å²) < 4.78 is 1.25. The summed E-state index contributed by atoms with van der Waals surface area (Å²) in [4.78, 5) is 14.1. The largest absolute Gasteiger partial charge is 0.480 e. The van der Waals surface area contributed by atoms with E-state index in [1.165, 1.54) is 17.2 Å². The summed E-state index contributed by atoms with van der Waals surface area (Å²) in [6.45, 7) is 0. The van der Waals surface area contributed by atoms with Crippen LogP contribution in [-0.4, -0.2) is 26.8 Å². The first kappa shape index (κ1) is 8.54. The van der Waals surface area contributed by atoms with E-state index in [0.717, 1.165) is 0 Å². The molecular weight excluding hydrogens is 160 g/mol. The maximum atomic E-state index is 10.3. The van der Waals surface area contributed by atoms with Gasteiger partial charge in [0.15, 0.2) is 0 Å². The lowest BCUT2D eigenvalue weighted by Gasteiger charge is -2.05. The van der Waals surface area contributed by atoms with Crippen molar-refractivity contribution < 1.29 is 9.90 Å². The Morgan fingerprint density at radius 2 is 2.50 bits per heavy atom. The lowest BCUT2D eigenvalue weighted by Crippen LogP contribution is -2.33. The van der Waals surface area contributed by atoms with E-state index in [0.29, 0.717) is 5.69 Å². The van der Waals surface area contributed by atoms with Gasteiger partial charge in [-0.2, -0.15) is 0 Å². The standard InChI is InChI=1S/C6H10N4O2/c7-5(6(11)12)1-4-2-9-3-10(4)8/h2-3,5H,1,7-8H2,(H,11,12). The molecule has 0 bridgehead atoms. The normalized spacial score (nSPS) is 12.8. The Bertz CT molecular complexity index is 283. The first-order valence-corrected chi connectivity index (χ1v) is 3.36. The van der Waals surface area contributed by atoms with E-state index < -0.39 is 12.0 Å². The molecule has 0 aliphatic heterocycles. The van der Waals surface area contributed by atoms with Crippen LogP contribution in [0.4, 0.5) is 0 Å². The van der Waals surface area contributed by atoms with Gasteiger partial charge in [0.05, 0.1) is 11.9 Å². The Morgan fingerprint density at radius 1 is 1.83 bits per heavy atom. The fraction of sp³-hybridized carbons (Fsp3) is 0.333. The van der Waals surface area contributed by atoms with Crippen molar-refractivity contribution in [3.63, 3.8) is 0 Å². The molecule has 1 atom stereocenters. The third kappa shape index (κ3) is 1.73. The summed E-state index contributed by atoms with van der Waals surface area (Å²) in [6, 6.07) is -0.927. The van der Waals surface area contributed by atoms with Crippen LogP contribution in [-0.2, 0) is 11.2 Å². The summed E-state index contributed by atoms with van der Waals surface area (Å²) in [5.41, 5.74) is 5.88. The monoisotopic (exact) mass is 170 g/mol. The number of nitrogen functional groups attached to an aromatic ring is 1. The Kier molecular flexibility index (Phi) is 2.29. The van der Waals surface area contributed by atoms with Crippen LogP contribution in [0, 0.1) is 0 Å². The van der Waals surface area contributed by atoms with Crippen LogP contribution in [0.15, 0.2) is 12.5 Å². The molecule has 0 radical (unpaired) electrons. The van der Waals surface area contributed by atoms with Crippen molar-refractivity contribution in [1.29, 1.82) is 0 Å². The molecule has 6 nitrogen and oxygen atoms in total. The van der Waals surface area contributed by atoms with Crippen LogP contribution in [0.1, 0.15) is 5.69 Å². The Labute approximate surface area is 68.8 Å². The summed E-state index contributed by atoms with van der Waals surface area (Å²) in [7, 11) is 0. The minimum absolute atomic E-state index is 0.186. The summed E-state index contributed by atoms with van der Waals surface area (Å²) in [5, 5.41) is 8.48. The fourth-order valence-corrected chi connectivity index (χ4v) is 0.803. The number of carbonyl (C=O) groups is 1. The molecule has 0 fully saturated rings. The predicted octanol–water partition coefficient (Wildman–Crippen LogP) is -1.45. The van der Waals surface area contributed by atoms with Crippen molar-refractivity contribution in [2.75, 3.05) is 5.84 Å². The quantitative estimate of drug-likeness (QED) is 0.481. The molecule has 0 aliphatic rings. The Hall–Kier alpha value is -1.56. The molecule has 0 aromatic carbocycles. The van der Waals surface area contributed by atoms with Crippen LogP contribution >= 0.6 is 0 Å². The maximum absolute atomic E-state index is 10.3. The SMILES string of the molecule is NC(Cc1cncn1N)C(=O)O. The zero-order valence-corrected chi connectivity index (χ0v) is 6.34. The Balaban J connectivity index is 2.64. The minimum Gasteiger partial charge on any atom is -0.480 e. The van der Waals surface area contributed by atoms with E-state index in [9.17, 15) is 4.79 Å². The van der Waals surface area contributed by atoms with E-state index in [2.05, 4.69) is 4.98 Å². The van der Waals surface area contributed by atoms with Gasteiger partial charge in [-0.1, -0.05) is 0 Å². The molecule has 0 spiro atoms. The highest BCUT2D eigenvalue weighted by Crippen LogP contribution is 1.98. The smallest absolute Gasteiger partial charge is 0.320 e. The van der Waals surface area contributed by atoms with Gasteiger partial charge in [0, 0.05) is 6.42 Å². The highest BCUT2D eigenvalue weighted by atomic mass is 16.4. The van der Waals surface area contributed by atoms with E-state index in [-0.39, 0.29) is 6.42 Å². The van der Waals surface area contributed by atoms with Crippen LogP contribution in [0.5, 0.6) is 0 Å². The molecule has 0 saturated carbocycles. The molecule has 1 aromatic rings. The lowest BCUT2D eigenvalue weighted by atomic mass is 10.2. The van der Waals surface area contributed by atoms with E-state index in [4.69, 9.17) is 16.7 Å². The van der Waals surface area contributed by atoms with Gasteiger partial charge in [0.2, 0.25) is 0 Å². The molecule has 12 heavy (non-hydrogen) atoms. The third-order valence-corrected chi connectivity index (χ3v) is 1.49. The first-order valence-electron chi connectivity index (χ1n) is 3.36. The average molecular weight is 170 g/mol.